The number of carbonyl (C=O) groups is 2. The Hall–Kier alpha value is -2.96. The fraction of sp³-hybridized carbons (Fsp3) is 0.286. The van der Waals surface area contributed by atoms with Crippen LogP contribution in [0.4, 0.5) is 18.9 Å². The number of Topliss-reactive ketones (excluding diaryl/α,β-unsaturated/α-hetero) is 1. The predicted molar refractivity (Wildman–Crippen MR) is 96.4 cm³/mol. The van der Waals surface area contributed by atoms with Gasteiger partial charge in [0, 0.05) is 36.2 Å². The first kappa shape index (κ1) is 18.4. The minimum atomic E-state index is -4.43. The standard InChI is InChI=1S/C21H17F3N2O2/c22-21(23,24)14-8-6-13(7-9-14)16-11-19(28)26(15-3-2-10-25-12-15)17-4-1-5-18(27)20(16)17/h2-3,6-10,12,16H,1,4-5,11H2. The van der Waals surface area contributed by atoms with E-state index >= 15 is 0 Å². The Morgan fingerprint density at radius 3 is 2.43 bits per heavy atom. The van der Waals surface area contributed by atoms with Crippen molar-refractivity contribution in [3.05, 3.63) is 71.2 Å². The van der Waals surface area contributed by atoms with Gasteiger partial charge in [0.25, 0.3) is 0 Å². The number of pyridine rings is 1. The zero-order valence-corrected chi connectivity index (χ0v) is 14.9. The van der Waals surface area contributed by atoms with Gasteiger partial charge in [0.05, 0.1) is 17.4 Å². The molecule has 1 atom stereocenters. The van der Waals surface area contributed by atoms with Crippen LogP contribution in [0.1, 0.15) is 42.7 Å². The van der Waals surface area contributed by atoms with Crippen LogP contribution in [0, 0.1) is 0 Å². The quantitative estimate of drug-likeness (QED) is 0.756. The van der Waals surface area contributed by atoms with Crippen LogP contribution in [0.2, 0.25) is 0 Å². The molecule has 0 spiro atoms. The lowest BCUT2D eigenvalue weighted by Crippen LogP contribution is -2.40. The van der Waals surface area contributed by atoms with E-state index in [1.165, 1.54) is 12.1 Å². The van der Waals surface area contributed by atoms with E-state index in [9.17, 15) is 22.8 Å². The van der Waals surface area contributed by atoms with E-state index in [0.29, 0.717) is 41.8 Å². The van der Waals surface area contributed by atoms with Crippen LogP contribution in [-0.2, 0) is 15.8 Å². The molecule has 0 saturated carbocycles. The minimum Gasteiger partial charge on any atom is -0.294 e. The predicted octanol–water partition coefficient (Wildman–Crippen LogP) is 4.63. The molecule has 1 unspecified atom stereocenters. The lowest BCUT2D eigenvalue weighted by Gasteiger charge is -2.38. The maximum atomic E-state index is 12.9. The summed E-state index contributed by atoms with van der Waals surface area (Å²) in [5.74, 6) is -0.760. The monoisotopic (exact) mass is 386 g/mol. The molecule has 0 fully saturated rings. The van der Waals surface area contributed by atoms with E-state index in [0.717, 1.165) is 12.1 Å². The van der Waals surface area contributed by atoms with E-state index in [4.69, 9.17) is 0 Å². The van der Waals surface area contributed by atoms with Gasteiger partial charge in [-0.2, -0.15) is 13.2 Å². The number of alkyl halides is 3. The SMILES string of the molecule is O=C1CCCC2=C1C(c1ccc(C(F)(F)F)cc1)CC(=O)N2c1cccnc1. The molecule has 4 nitrogen and oxygen atoms in total. The first-order valence-corrected chi connectivity index (χ1v) is 9.02. The molecule has 1 aromatic carbocycles. The number of hydrogen-bond donors (Lipinski definition) is 0. The molecular formula is C21H17F3N2O2. The molecule has 28 heavy (non-hydrogen) atoms. The maximum absolute atomic E-state index is 12.9. The average molecular weight is 386 g/mol. The van der Waals surface area contributed by atoms with Crippen molar-refractivity contribution in [3.63, 3.8) is 0 Å². The van der Waals surface area contributed by atoms with E-state index < -0.39 is 17.7 Å². The number of anilines is 1. The lowest BCUT2D eigenvalue weighted by atomic mass is 9.77. The summed E-state index contributed by atoms with van der Waals surface area (Å²) in [7, 11) is 0. The number of nitrogens with zero attached hydrogens (tertiary/aromatic N) is 2. The van der Waals surface area contributed by atoms with Crippen LogP contribution in [0.15, 0.2) is 60.1 Å². The zero-order chi connectivity index (χ0) is 19.9. The van der Waals surface area contributed by atoms with Gasteiger partial charge in [-0.3, -0.25) is 19.5 Å². The van der Waals surface area contributed by atoms with Gasteiger partial charge in [-0.25, -0.2) is 0 Å². The van der Waals surface area contributed by atoms with Crippen molar-refractivity contribution in [2.24, 2.45) is 0 Å². The number of benzene rings is 1. The molecule has 0 saturated heterocycles. The van der Waals surface area contributed by atoms with Gasteiger partial charge in [0.1, 0.15) is 0 Å². The highest BCUT2D eigenvalue weighted by molar-refractivity contribution is 6.07. The maximum Gasteiger partial charge on any atom is 0.416 e. The van der Waals surface area contributed by atoms with Crippen LogP contribution in [-0.4, -0.2) is 16.7 Å². The number of halogens is 3. The number of aromatic nitrogens is 1. The molecule has 0 N–H and O–H groups in total. The van der Waals surface area contributed by atoms with Crippen LogP contribution < -0.4 is 4.90 Å². The number of rotatable bonds is 2. The Morgan fingerprint density at radius 2 is 1.79 bits per heavy atom. The number of ketones is 1. The molecular weight excluding hydrogens is 369 g/mol. The summed E-state index contributed by atoms with van der Waals surface area (Å²) in [4.78, 5) is 31.3. The molecule has 1 aromatic heterocycles. The van der Waals surface area contributed by atoms with Gasteiger partial charge in [0.2, 0.25) is 5.91 Å². The minimum absolute atomic E-state index is 0.0326. The molecule has 2 aromatic rings. The van der Waals surface area contributed by atoms with Crippen molar-refractivity contribution < 1.29 is 22.8 Å². The third-order valence-corrected chi connectivity index (χ3v) is 5.22. The Bertz CT molecular complexity index is 950. The van der Waals surface area contributed by atoms with Crippen molar-refractivity contribution in [2.75, 3.05) is 4.90 Å². The van der Waals surface area contributed by atoms with Crippen molar-refractivity contribution in [3.8, 4) is 0 Å². The Balaban J connectivity index is 1.79. The van der Waals surface area contributed by atoms with E-state index in [1.54, 1.807) is 29.4 Å². The number of amides is 1. The Kier molecular flexibility index (Phi) is 4.53. The fourth-order valence-electron chi connectivity index (χ4n) is 3.97. The lowest BCUT2D eigenvalue weighted by molar-refractivity contribution is -0.137. The molecule has 144 valence electrons. The first-order chi connectivity index (χ1) is 13.4. The van der Waals surface area contributed by atoms with Crippen molar-refractivity contribution >= 4 is 17.4 Å². The summed E-state index contributed by atoms with van der Waals surface area (Å²) in [5, 5.41) is 0. The van der Waals surface area contributed by atoms with Crippen LogP contribution >= 0.6 is 0 Å². The molecule has 2 aliphatic rings. The Morgan fingerprint density at radius 1 is 1.04 bits per heavy atom. The summed E-state index contributed by atoms with van der Waals surface area (Å²) in [6, 6.07) is 8.21. The van der Waals surface area contributed by atoms with Gasteiger partial charge in [0.15, 0.2) is 5.78 Å². The smallest absolute Gasteiger partial charge is 0.294 e. The van der Waals surface area contributed by atoms with Crippen molar-refractivity contribution in [1.29, 1.82) is 0 Å². The van der Waals surface area contributed by atoms with Crippen LogP contribution in [0.25, 0.3) is 0 Å². The first-order valence-electron chi connectivity index (χ1n) is 9.02. The highest BCUT2D eigenvalue weighted by Gasteiger charge is 2.40. The van der Waals surface area contributed by atoms with Crippen molar-refractivity contribution in [1.82, 2.24) is 4.98 Å². The van der Waals surface area contributed by atoms with Gasteiger partial charge in [-0.1, -0.05) is 12.1 Å². The Labute approximate surface area is 159 Å². The summed E-state index contributed by atoms with van der Waals surface area (Å²) >= 11 is 0. The van der Waals surface area contributed by atoms with E-state index in [1.807, 2.05) is 0 Å². The van der Waals surface area contributed by atoms with Crippen molar-refractivity contribution in [2.45, 2.75) is 37.8 Å². The summed E-state index contributed by atoms with van der Waals surface area (Å²) in [6.45, 7) is 0. The second kappa shape index (κ2) is 6.89. The average Bonchev–Trinajstić information content (AvgIpc) is 2.67. The summed E-state index contributed by atoms with van der Waals surface area (Å²) < 4.78 is 38.6. The highest BCUT2D eigenvalue weighted by Crippen LogP contribution is 2.43. The molecule has 1 aliphatic heterocycles. The molecule has 1 amide bonds. The summed E-state index contributed by atoms with van der Waals surface area (Å²) in [6.07, 6.45) is 0.365. The number of hydrogen-bond acceptors (Lipinski definition) is 3. The largest absolute Gasteiger partial charge is 0.416 e. The normalized spacial score (nSPS) is 20.4. The van der Waals surface area contributed by atoms with Gasteiger partial charge < -0.3 is 0 Å². The molecule has 0 radical (unpaired) electrons. The molecule has 0 bridgehead atoms. The molecule has 4 rings (SSSR count). The second-order valence-corrected chi connectivity index (χ2v) is 6.95. The number of carbonyl (C=O) groups excluding carboxylic acids is 2. The molecule has 1 aliphatic carbocycles. The summed E-state index contributed by atoms with van der Waals surface area (Å²) in [5.41, 5.74) is 1.58. The topological polar surface area (TPSA) is 50.3 Å². The third-order valence-electron chi connectivity index (χ3n) is 5.22. The third kappa shape index (κ3) is 3.21. The second-order valence-electron chi connectivity index (χ2n) is 6.95. The number of allylic oxidation sites excluding steroid dienone is 2. The van der Waals surface area contributed by atoms with E-state index in [-0.39, 0.29) is 18.1 Å². The highest BCUT2D eigenvalue weighted by atomic mass is 19.4. The molecule has 2 heterocycles. The van der Waals surface area contributed by atoms with E-state index in [2.05, 4.69) is 4.98 Å². The van der Waals surface area contributed by atoms with Gasteiger partial charge in [-0.15, -0.1) is 0 Å². The zero-order valence-electron chi connectivity index (χ0n) is 14.9. The fourth-order valence-corrected chi connectivity index (χ4v) is 3.97. The van der Waals surface area contributed by atoms with Crippen LogP contribution in [0.5, 0.6) is 0 Å². The van der Waals surface area contributed by atoms with Crippen LogP contribution in [0.3, 0.4) is 0 Å². The van der Waals surface area contributed by atoms with Gasteiger partial charge >= 0.3 is 6.18 Å². The van der Waals surface area contributed by atoms with Gasteiger partial charge in [-0.05, 0) is 42.7 Å². The molecule has 7 heteroatoms.